The SMILES string of the molecule is Cc1ccc(N(C(=O)c2ccc(Cl)cc2)C2C=CS(=O)(=O)C2)cc1C. The molecule has 0 N–H and O–H groups in total. The molecule has 0 saturated heterocycles. The molecule has 3 rings (SSSR count). The van der Waals surface area contributed by atoms with Crippen LogP contribution in [0.15, 0.2) is 53.9 Å². The van der Waals surface area contributed by atoms with Gasteiger partial charge in [0.1, 0.15) is 0 Å². The summed E-state index contributed by atoms with van der Waals surface area (Å²) in [5.74, 6) is -0.370. The molecule has 1 heterocycles. The average molecular weight is 376 g/mol. The van der Waals surface area contributed by atoms with Crippen LogP contribution in [0.25, 0.3) is 0 Å². The van der Waals surface area contributed by atoms with Gasteiger partial charge in [-0.1, -0.05) is 17.7 Å². The summed E-state index contributed by atoms with van der Waals surface area (Å²) < 4.78 is 23.7. The smallest absolute Gasteiger partial charge is 0.258 e. The van der Waals surface area contributed by atoms with Crippen molar-refractivity contribution in [2.45, 2.75) is 19.9 Å². The van der Waals surface area contributed by atoms with Crippen molar-refractivity contribution in [2.24, 2.45) is 0 Å². The Hall–Kier alpha value is -2.11. The van der Waals surface area contributed by atoms with Gasteiger partial charge in [-0.2, -0.15) is 0 Å². The minimum absolute atomic E-state index is 0.112. The third-order valence-corrected chi connectivity index (χ3v) is 5.95. The molecule has 4 nitrogen and oxygen atoms in total. The molecule has 1 aliphatic heterocycles. The van der Waals surface area contributed by atoms with Crippen molar-refractivity contribution in [3.05, 3.63) is 75.7 Å². The highest BCUT2D eigenvalue weighted by atomic mass is 35.5. The maximum absolute atomic E-state index is 13.1. The van der Waals surface area contributed by atoms with Crippen molar-refractivity contribution in [3.63, 3.8) is 0 Å². The molecule has 0 saturated carbocycles. The average Bonchev–Trinajstić information content (AvgIpc) is 2.91. The largest absolute Gasteiger partial charge is 0.300 e. The summed E-state index contributed by atoms with van der Waals surface area (Å²) in [5.41, 5.74) is 3.28. The van der Waals surface area contributed by atoms with Gasteiger partial charge in [0.25, 0.3) is 5.91 Å². The first-order valence-corrected chi connectivity index (χ1v) is 9.93. The van der Waals surface area contributed by atoms with Gasteiger partial charge >= 0.3 is 0 Å². The molecular formula is C19H18ClNO3S. The lowest BCUT2D eigenvalue weighted by Gasteiger charge is -2.28. The van der Waals surface area contributed by atoms with Crippen LogP contribution in [-0.4, -0.2) is 26.1 Å². The van der Waals surface area contributed by atoms with Crippen molar-refractivity contribution in [1.82, 2.24) is 0 Å². The van der Waals surface area contributed by atoms with Crippen molar-refractivity contribution in [1.29, 1.82) is 0 Å². The monoisotopic (exact) mass is 375 g/mol. The predicted molar refractivity (Wildman–Crippen MR) is 101 cm³/mol. The molecule has 130 valence electrons. The third kappa shape index (κ3) is 3.78. The van der Waals surface area contributed by atoms with E-state index in [1.165, 1.54) is 10.3 Å². The van der Waals surface area contributed by atoms with E-state index in [-0.39, 0.29) is 11.7 Å². The van der Waals surface area contributed by atoms with Gasteiger partial charge in [-0.15, -0.1) is 0 Å². The van der Waals surface area contributed by atoms with Crippen LogP contribution in [0, 0.1) is 13.8 Å². The molecule has 0 fully saturated rings. The molecular weight excluding hydrogens is 358 g/mol. The van der Waals surface area contributed by atoms with Gasteiger partial charge in [0.15, 0.2) is 9.84 Å². The molecule has 0 aliphatic carbocycles. The number of halogens is 1. The number of benzene rings is 2. The molecule has 2 aromatic rings. The van der Waals surface area contributed by atoms with Crippen LogP contribution >= 0.6 is 11.6 Å². The number of aryl methyl sites for hydroxylation is 2. The molecule has 1 unspecified atom stereocenters. The Labute approximate surface area is 152 Å². The van der Waals surface area contributed by atoms with E-state index in [1.54, 1.807) is 30.3 Å². The Morgan fingerprint density at radius 3 is 2.32 bits per heavy atom. The lowest BCUT2D eigenvalue weighted by molar-refractivity contribution is 0.0983. The summed E-state index contributed by atoms with van der Waals surface area (Å²) in [5, 5.41) is 1.72. The van der Waals surface area contributed by atoms with E-state index < -0.39 is 15.9 Å². The van der Waals surface area contributed by atoms with Gasteiger partial charge in [-0.3, -0.25) is 4.79 Å². The molecule has 0 spiro atoms. The summed E-state index contributed by atoms with van der Waals surface area (Å²) >= 11 is 5.90. The van der Waals surface area contributed by atoms with Crippen molar-refractivity contribution in [3.8, 4) is 0 Å². The van der Waals surface area contributed by atoms with Crippen LogP contribution in [0.1, 0.15) is 21.5 Å². The zero-order valence-electron chi connectivity index (χ0n) is 13.9. The van der Waals surface area contributed by atoms with Crippen LogP contribution in [0.2, 0.25) is 5.02 Å². The highest BCUT2D eigenvalue weighted by molar-refractivity contribution is 7.94. The van der Waals surface area contributed by atoms with Crippen molar-refractivity contribution in [2.75, 3.05) is 10.7 Å². The van der Waals surface area contributed by atoms with Crippen molar-refractivity contribution < 1.29 is 13.2 Å². The first-order chi connectivity index (χ1) is 11.8. The summed E-state index contributed by atoms with van der Waals surface area (Å²) in [6.07, 6.45) is 1.57. The van der Waals surface area contributed by atoms with Gasteiger partial charge in [0.05, 0.1) is 11.8 Å². The van der Waals surface area contributed by atoms with E-state index in [0.29, 0.717) is 16.3 Å². The first kappa shape index (κ1) is 17.7. The van der Waals surface area contributed by atoms with E-state index in [9.17, 15) is 13.2 Å². The van der Waals surface area contributed by atoms with E-state index >= 15 is 0 Å². The fourth-order valence-electron chi connectivity index (χ4n) is 2.79. The predicted octanol–water partition coefficient (Wildman–Crippen LogP) is 3.91. The first-order valence-electron chi connectivity index (χ1n) is 7.84. The van der Waals surface area contributed by atoms with Gasteiger partial charge in [0.2, 0.25) is 0 Å². The Bertz CT molecular complexity index is 949. The van der Waals surface area contributed by atoms with Crippen LogP contribution in [0.5, 0.6) is 0 Å². The summed E-state index contributed by atoms with van der Waals surface area (Å²) in [6.45, 7) is 3.95. The summed E-state index contributed by atoms with van der Waals surface area (Å²) in [6, 6.07) is 11.7. The van der Waals surface area contributed by atoms with Crippen LogP contribution in [0.3, 0.4) is 0 Å². The zero-order valence-corrected chi connectivity index (χ0v) is 15.5. The molecule has 1 aliphatic rings. The molecule has 2 aromatic carbocycles. The second kappa shape index (κ2) is 6.65. The van der Waals surface area contributed by atoms with E-state index in [1.807, 2.05) is 32.0 Å². The molecule has 25 heavy (non-hydrogen) atoms. The van der Waals surface area contributed by atoms with E-state index in [2.05, 4.69) is 0 Å². The number of carbonyl (C=O) groups excluding carboxylic acids is 1. The Morgan fingerprint density at radius 1 is 1.08 bits per heavy atom. The quantitative estimate of drug-likeness (QED) is 0.817. The number of hydrogen-bond donors (Lipinski definition) is 0. The fraction of sp³-hybridized carbons (Fsp3) is 0.211. The third-order valence-electron chi connectivity index (χ3n) is 4.32. The number of anilines is 1. The standard InChI is InChI=1S/C19H18ClNO3S/c1-13-3-8-17(11-14(13)2)21(18-9-10-25(23,24)12-18)19(22)15-4-6-16(20)7-5-15/h3-11,18H,12H2,1-2H3. The van der Waals surface area contributed by atoms with Gasteiger partial charge in [-0.05, 0) is 67.4 Å². The van der Waals surface area contributed by atoms with Gasteiger partial charge in [0, 0.05) is 21.7 Å². The molecule has 6 heteroatoms. The molecule has 0 radical (unpaired) electrons. The number of nitrogens with zero attached hydrogens (tertiary/aromatic N) is 1. The minimum atomic E-state index is -3.28. The Balaban J connectivity index is 2.05. The number of amides is 1. The zero-order chi connectivity index (χ0) is 18.2. The maximum Gasteiger partial charge on any atom is 0.258 e. The highest BCUT2D eigenvalue weighted by Crippen LogP contribution is 2.27. The number of hydrogen-bond acceptors (Lipinski definition) is 3. The number of sulfone groups is 1. The van der Waals surface area contributed by atoms with Crippen molar-refractivity contribution >= 4 is 33.0 Å². The van der Waals surface area contributed by atoms with Crippen LogP contribution in [0.4, 0.5) is 5.69 Å². The Kier molecular flexibility index (Phi) is 4.71. The number of rotatable bonds is 3. The topological polar surface area (TPSA) is 54.5 Å². The highest BCUT2D eigenvalue weighted by Gasteiger charge is 2.32. The van der Waals surface area contributed by atoms with Gasteiger partial charge < -0.3 is 4.90 Å². The number of carbonyl (C=O) groups is 1. The summed E-state index contributed by atoms with van der Waals surface area (Å²) in [7, 11) is -3.28. The lowest BCUT2D eigenvalue weighted by Crippen LogP contribution is -2.41. The second-order valence-corrected chi connectivity index (χ2v) is 8.54. The molecule has 1 amide bonds. The lowest BCUT2D eigenvalue weighted by atomic mass is 10.1. The van der Waals surface area contributed by atoms with E-state index in [4.69, 9.17) is 11.6 Å². The molecule has 0 aromatic heterocycles. The molecule has 0 bridgehead atoms. The van der Waals surface area contributed by atoms with Gasteiger partial charge in [-0.25, -0.2) is 8.42 Å². The molecule has 1 atom stereocenters. The second-order valence-electron chi connectivity index (χ2n) is 6.18. The van der Waals surface area contributed by atoms with Crippen LogP contribution < -0.4 is 4.90 Å². The fourth-order valence-corrected chi connectivity index (χ4v) is 4.18. The normalized spacial score (nSPS) is 18.3. The van der Waals surface area contributed by atoms with E-state index in [0.717, 1.165) is 11.1 Å². The minimum Gasteiger partial charge on any atom is -0.300 e. The Morgan fingerprint density at radius 2 is 1.76 bits per heavy atom. The maximum atomic E-state index is 13.1. The van der Waals surface area contributed by atoms with Crippen LogP contribution in [-0.2, 0) is 9.84 Å². The summed E-state index contributed by atoms with van der Waals surface area (Å²) in [4.78, 5) is 14.6.